The zero-order valence-corrected chi connectivity index (χ0v) is 11.9. The third-order valence-corrected chi connectivity index (χ3v) is 3.07. The standard InChI is InChI=1S/C14H19N5O/c1-19(2)11-6-4-10(5-7-11)12(18-15)13-14(20-3)17-9-8-16-13/h4-9,12,18H,15H2,1-3H3. The van der Waals surface area contributed by atoms with Crippen LogP contribution >= 0.6 is 0 Å². The molecule has 2 rings (SSSR count). The molecule has 0 aliphatic heterocycles. The summed E-state index contributed by atoms with van der Waals surface area (Å²) in [6.45, 7) is 0. The lowest BCUT2D eigenvalue weighted by molar-refractivity contribution is 0.383. The van der Waals surface area contributed by atoms with E-state index in [0.717, 1.165) is 11.3 Å². The fraction of sp³-hybridized carbons (Fsp3) is 0.286. The molecule has 0 saturated heterocycles. The zero-order chi connectivity index (χ0) is 14.5. The highest BCUT2D eigenvalue weighted by atomic mass is 16.5. The van der Waals surface area contributed by atoms with Crippen molar-refractivity contribution in [3.63, 3.8) is 0 Å². The Morgan fingerprint density at radius 2 is 1.80 bits per heavy atom. The van der Waals surface area contributed by atoms with E-state index in [4.69, 9.17) is 10.6 Å². The quantitative estimate of drug-likeness (QED) is 0.627. The lowest BCUT2D eigenvalue weighted by Gasteiger charge is -2.19. The third-order valence-electron chi connectivity index (χ3n) is 3.07. The highest BCUT2D eigenvalue weighted by molar-refractivity contribution is 5.47. The largest absolute Gasteiger partial charge is 0.480 e. The van der Waals surface area contributed by atoms with E-state index in [-0.39, 0.29) is 6.04 Å². The van der Waals surface area contributed by atoms with Crippen molar-refractivity contribution in [2.45, 2.75) is 6.04 Å². The van der Waals surface area contributed by atoms with Gasteiger partial charge in [-0.25, -0.2) is 10.4 Å². The molecule has 106 valence electrons. The summed E-state index contributed by atoms with van der Waals surface area (Å²) < 4.78 is 5.23. The van der Waals surface area contributed by atoms with Crippen LogP contribution in [0.3, 0.4) is 0 Å². The Morgan fingerprint density at radius 3 is 2.35 bits per heavy atom. The lowest BCUT2D eigenvalue weighted by atomic mass is 10.0. The molecule has 0 bridgehead atoms. The minimum atomic E-state index is -0.269. The summed E-state index contributed by atoms with van der Waals surface area (Å²) in [5.74, 6) is 6.14. The number of nitrogens with one attached hydrogen (secondary N) is 1. The smallest absolute Gasteiger partial charge is 0.237 e. The molecule has 1 aromatic heterocycles. The Hall–Kier alpha value is -2.18. The Bertz CT molecular complexity index is 556. The molecule has 1 unspecified atom stereocenters. The first-order valence-corrected chi connectivity index (χ1v) is 6.25. The van der Waals surface area contributed by atoms with E-state index in [0.29, 0.717) is 11.6 Å². The van der Waals surface area contributed by atoms with E-state index < -0.39 is 0 Å². The monoisotopic (exact) mass is 273 g/mol. The number of hydrogen-bond acceptors (Lipinski definition) is 6. The Labute approximate surface area is 118 Å². The highest BCUT2D eigenvalue weighted by Gasteiger charge is 2.19. The maximum atomic E-state index is 5.67. The average Bonchev–Trinajstić information content (AvgIpc) is 2.49. The number of ether oxygens (including phenoxy) is 1. The van der Waals surface area contributed by atoms with E-state index in [1.807, 2.05) is 43.3 Å². The number of anilines is 1. The topological polar surface area (TPSA) is 76.3 Å². The van der Waals surface area contributed by atoms with Gasteiger partial charge in [0.15, 0.2) is 0 Å². The van der Waals surface area contributed by atoms with Crippen molar-refractivity contribution in [2.75, 3.05) is 26.1 Å². The van der Waals surface area contributed by atoms with Crippen molar-refractivity contribution in [2.24, 2.45) is 5.84 Å². The summed E-state index contributed by atoms with van der Waals surface area (Å²) >= 11 is 0. The molecule has 0 radical (unpaired) electrons. The van der Waals surface area contributed by atoms with Gasteiger partial charge in [-0.2, -0.15) is 0 Å². The second-order valence-corrected chi connectivity index (χ2v) is 4.54. The van der Waals surface area contributed by atoms with Gasteiger partial charge in [0.25, 0.3) is 0 Å². The molecule has 20 heavy (non-hydrogen) atoms. The molecule has 0 amide bonds. The first-order valence-electron chi connectivity index (χ1n) is 6.25. The number of rotatable bonds is 5. The second kappa shape index (κ2) is 6.31. The summed E-state index contributed by atoms with van der Waals surface area (Å²) in [5.41, 5.74) is 5.54. The fourth-order valence-corrected chi connectivity index (χ4v) is 1.99. The molecule has 0 saturated carbocycles. The van der Waals surface area contributed by atoms with E-state index in [1.165, 1.54) is 0 Å². The van der Waals surface area contributed by atoms with Gasteiger partial charge in [0.05, 0.1) is 13.2 Å². The normalized spacial score (nSPS) is 12.0. The molecule has 6 heteroatoms. The van der Waals surface area contributed by atoms with Crippen LogP contribution in [0.1, 0.15) is 17.3 Å². The molecule has 2 aromatic rings. The van der Waals surface area contributed by atoms with Crippen LogP contribution in [0.4, 0.5) is 5.69 Å². The van der Waals surface area contributed by atoms with Crippen LogP contribution in [0.2, 0.25) is 0 Å². The number of hydrogen-bond donors (Lipinski definition) is 2. The van der Waals surface area contributed by atoms with Crippen LogP contribution in [0, 0.1) is 0 Å². The van der Waals surface area contributed by atoms with Crippen LogP contribution in [0.25, 0.3) is 0 Å². The molecular formula is C14H19N5O. The molecule has 1 aromatic carbocycles. The molecular weight excluding hydrogens is 254 g/mol. The van der Waals surface area contributed by atoms with Gasteiger partial charge in [-0.15, -0.1) is 0 Å². The molecule has 0 aliphatic carbocycles. The Morgan fingerprint density at radius 1 is 1.15 bits per heavy atom. The van der Waals surface area contributed by atoms with Crippen molar-refractivity contribution in [3.05, 3.63) is 47.9 Å². The minimum Gasteiger partial charge on any atom is -0.480 e. The molecule has 6 nitrogen and oxygen atoms in total. The number of hydrazine groups is 1. The number of methoxy groups -OCH3 is 1. The van der Waals surface area contributed by atoms with Gasteiger partial charge in [0.1, 0.15) is 5.69 Å². The molecule has 0 aliphatic rings. The van der Waals surface area contributed by atoms with Crippen LogP contribution in [-0.2, 0) is 0 Å². The number of benzene rings is 1. The summed E-state index contributed by atoms with van der Waals surface area (Å²) in [5, 5.41) is 0. The first-order chi connectivity index (χ1) is 9.67. The number of nitrogens with zero attached hydrogens (tertiary/aromatic N) is 3. The SMILES string of the molecule is COc1nccnc1C(NN)c1ccc(N(C)C)cc1. The molecule has 0 fully saturated rings. The average molecular weight is 273 g/mol. The van der Waals surface area contributed by atoms with Crippen LogP contribution in [0.15, 0.2) is 36.7 Å². The minimum absolute atomic E-state index is 0.269. The van der Waals surface area contributed by atoms with Crippen molar-refractivity contribution in [3.8, 4) is 5.88 Å². The summed E-state index contributed by atoms with van der Waals surface area (Å²) in [6, 6.07) is 7.81. The first kappa shape index (κ1) is 14.2. The van der Waals surface area contributed by atoms with Gasteiger partial charge in [-0.1, -0.05) is 12.1 Å². The zero-order valence-electron chi connectivity index (χ0n) is 11.9. The maximum Gasteiger partial charge on any atom is 0.237 e. The van der Waals surface area contributed by atoms with E-state index in [1.54, 1.807) is 19.5 Å². The van der Waals surface area contributed by atoms with Crippen molar-refractivity contribution < 1.29 is 4.74 Å². The number of aromatic nitrogens is 2. The fourth-order valence-electron chi connectivity index (χ4n) is 1.99. The van der Waals surface area contributed by atoms with Gasteiger partial charge in [0, 0.05) is 32.2 Å². The summed E-state index contributed by atoms with van der Waals surface area (Å²) in [6.07, 6.45) is 3.21. The third kappa shape index (κ3) is 2.87. The van der Waals surface area contributed by atoms with Crippen LogP contribution in [-0.4, -0.2) is 31.2 Å². The van der Waals surface area contributed by atoms with Gasteiger partial charge in [-0.3, -0.25) is 10.8 Å². The predicted molar refractivity (Wildman–Crippen MR) is 78.5 cm³/mol. The molecule has 1 atom stereocenters. The van der Waals surface area contributed by atoms with Crippen molar-refractivity contribution >= 4 is 5.69 Å². The van der Waals surface area contributed by atoms with Gasteiger partial charge in [0.2, 0.25) is 5.88 Å². The van der Waals surface area contributed by atoms with E-state index in [9.17, 15) is 0 Å². The molecule has 0 spiro atoms. The lowest BCUT2D eigenvalue weighted by Crippen LogP contribution is -2.30. The van der Waals surface area contributed by atoms with E-state index >= 15 is 0 Å². The van der Waals surface area contributed by atoms with Gasteiger partial charge >= 0.3 is 0 Å². The van der Waals surface area contributed by atoms with Crippen LogP contribution in [0.5, 0.6) is 5.88 Å². The number of nitrogens with two attached hydrogens (primary N) is 1. The maximum absolute atomic E-state index is 5.67. The highest BCUT2D eigenvalue weighted by Crippen LogP contribution is 2.26. The van der Waals surface area contributed by atoms with E-state index in [2.05, 4.69) is 15.4 Å². The van der Waals surface area contributed by atoms with Crippen molar-refractivity contribution in [1.82, 2.24) is 15.4 Å². The predicted octanol–water partition coefficient (Wildman–Crippen LogP) is 1.10. The summed E-state index contributed by atoms with van der Waals surface area (Å²) in [7, 11) is 5.56. The second-order valence-electron chi connectivity index (χ2n) is 4.54. The molecule has 1 heterocycles. The van der Waals surface area contributed by atoms with Crippen molar-refractivity contribution in [1.29, 1.82) is 0 Å². The van der Waals surface area contributed by atoms with Gasteiger partial charge in [-0.05, 0) is 17.7 Å². The summed E-state index contributed by atoms with van der Waals surface area (Å²) in [4.78, 5) is 10.5. The molecule has 3 N–H and O–H groups in total. The Balaban J connectivity index is 2.36. The van der Waals surface area contributed by atoms with Gasteiger partial charge < -0.3 is 9.64 Å². The Kier molecular flexibility index (Phi) is 4.49. The van der Waals surface area contributed by atoms with Crippen LogP contribution < -0.4 is 20.9 Å².